The zero-order valence-corrected chi connectivity index (χ0v) is 16.7. The zero-order valence-electron chi connectivity index (χ0n) is 15.1. The summed E-state index contributed by atoms with van der Waals surface area (Å²) in [5.41, 5.74) is 1.63. The second-order valence-corrected chi connectivity index (χ2v) is 8.22. The van der Waals surface area contributed by atoms with Gasteiger partial charge in [0, 0.05) is 10.6 Å². The summed E-state index contributed by atoms with van der Waals surface area (Å²) >= 11 is 1.58. The average Bonchev–Trinajstić information content (AvgIpc) is 2.61. The maximum atomic E-state index is 12.2. The van der Waals surface area contributed by atoms with Crippen molar-refractivity contribution in [3.8, 4) is 0 Å². The number of hydrogen-bond donors (Lipinski definition) is 2. The molecular formula is C18H20N2O5S2. The Morgan fingerprint density at radius 1 is 1.15 bits per heavy atom. The van der Waals surface area contributed by atoms with Gasteiger partial charge in [0.2, 0.25) is 10.0 Å². The summed E-state index contributed by atoms with van der Waals surface area (Å²) in [6.07, 6.45) is 1.95. The van der Waals surface area contributed by atoms with Gasteiger partial charge < -0.3 is 10.1 Å². The van der Waals surface area contributed by atoms with E-state index in [0.717, 1.165) is 11.0 Å². The van der Waals surface area contributed by atoms with Gasteiger partial charge in [-0.1, -0.05) is 0 Å². The lowest BCUT2D eigenvalue weighted by Gasteiger charge is -2.11. The molecule has 2 aromatic rings. The van der Waals surface area contributed by atoms with Crippen LogP contribution in [-0.4, -0.2) is 33.2 Å². The van der Waals surface area contributed by atoms with Crippen LogP contribution in [0, 0.1) is 13.8 Å². The number of amides is 1. The molecule has 0 fully saturated rings. The molecule has 0 atom stereocenters. The van der Waals surface area contributed by atoms with E-state index in [1.165, 1.54) is 6.07 Å². The number of nitrogens with one attached hydrogen (secondary N) is 1. The molecule has 0 bridgehead atoms. The predicted molar refractivity (Wildman–Crippen MR) is 104 cm³/mol. The number of hydrogen-bond acceptors (Lipinski definition) is 6. The Labute approximate surface area is 162 Å². The lowest BCUT2D eigenvalue weighted by molar-refractivity contribution is -0.119. The van der Waals surface area contributed by atoms with Crippen molar-refractivity contribution in [3.63, 3.8) is 0 Å². The lowest BCUT2D eigenvalue weighted by Crippen LogP contribution is -2.21. The number of carbonyl (C=O) groups is 2. The topological polar surface area (TPSA) is 116 Å². The van der Waals surface area contributed by atoms with Gasteiger partial charge in [-0.15, -0.1) is 11.8 Å². The zero-order chi connectivity index (χ0) is 20.2. The molecule has 3 N–H and O–H groups in total. The number of nitrogens with two attached hydrogens (primary N) is 1. The van der Waals surface area contributed by atoms with Gasteiger partial charge in [-0.05, 0) is 67.6 Å². The molecule has 144 valence electrons. The molecule has 0 spiro atoms. The third kappa shape index (κ3) is 5.56. The van der Waals surface area contributed by atoms with Crippen LogP contribution < -0.4 is 10.5 Å². The van der Waals surface area contributed by atoms with E-state index in [1.54, 1.807) is 37.7 Å². The molecule has 27 heavy (non-hydrogen) atoms. The van der Waals surface area contributed by atoms with Crippen LogP contribution in [-0.2, 0) is 19.6 Å². The van der Waals surface area contributed by atoms with Crippen LogP contribution in [0.3, 0.4) is 0 Å². The van der Waals surface area contributed by atoms with Gasteiger partial charge in [-0.25, -0.2) is 18.4 Å². The van der Waals surface area contributed by atoms with Crippen molar-refractivity contribution in [1.29, 1.82) is 0 Å². The van der Waals surface area contributed by atoms with E-state index in [4.69, 9.17) is 9.88 Å². The Bertz CT molecular complexity index is 970. The van der Waals surface area contributed by atoms with Gasteiger partial charge in [-0.2, -0.15) is 0 Å². The van der Waals surface area contributed by atoms with Crippen LogP contribution in [0.15, 0.2) is 46.2 Å². The number of rotatable bonds is 6. The highest BCUT2D eigenvalue weighted by molar-refractivity contribution is 7.98. The fraction of sp³-hybridized carbons (Fsp3) is 0.222. The summed E-state index contributed by atoms with van der Waals surface area (Å²) in [7, 11) is -3.98. The first-order valence-corrected chi connectivity index (χ1v) is 10.6. The first-order chi connectivity index (χ1) is 12.6. The summed E-state index contributed by atoms with van der Waals surface area (Å²) in [5.74, 6) is -1.31. The Balaban J connectivity index is 2.04. The van der Waals surface area contributed by atoms with E-state index in [1.807, 2.05) is 18.4 Å². The molecule has 0 saturated carbocycles. The third-order valence-corrected chi connectivity index (χ3v) is 5.65. The molecule has 0 unspecified atom stereocenters. The number of aryl methyl sites for hydroxylation is 1. The molecule has 0 aliphatic rings. The highest BCUT2D eigenvalue weighted by atomic mass is 32.2. The van der Waals surface area contributed by atoms with Crippen molar-refractivity contribution in [2.75, 3.05) is 18.2 Å². The molecule has 0 aliphatic carbocycles. The minimum Gasteiger partial charge on any atom is -0.452 e. The number of esters is 1. The second-order valence-electron chi connectivity index (χ2n) is 5.81. The summed E-state index contributed by atoms with van der Waals surface area (Å²) < 4.78 is 28.3. The largest absolute Gasteiger partial charge is 0.452 e. The number of anilines is 1. The number of ether oxygens (including phenoxy) is 1. The van der Waals surface area contributed by atoms with Crippen LogP contribution in [0.1, 0.15) is 21.5 Å². The van der Waals surface area contributed by atoms with Crippen LogP contribution >= 0.6 is 11.8 Å². The number of sulfonamides is 1. The van der Waals surface area contributed by atoms with Crippen molar-refractivity contribution in [1.82, 2.24) is 0 Å². The molecule has 0 radical (unpaired) electrons. The third-order valence-electron chi connectivity index (χ3n) is 3.87. The molecule has 0 aliphatic heterocycles. The fourth-order valence-electron chi connectivity index (χ4n) is 2.33. The van der Waals surface area contributed by atoms with Gasteiger partial charge in [-0.3, -0.25) is 4.79 Å². The SMILES string of the molecule is CSc1ccc(NC(=O)COC(=O)c2cc(C)c(C)c(S(N)(=O)=O)c2)cc1. The van der Waals surface area contributed by atoms with Crippen molar-refractivity contribution < 1.29 is 22.7 Å². The predicted octanol–water partition coefficient (Wildman–Crippen LogP) is 2.47. The van der Waals surface area contributed by atoms with E-state index in [-0.39, 0.29) is 10.5 Å². The molecule has 1 amide bonds. The van der Waals surface area contributed by atoms with Crippen molar-refractivity contribution in [2.24, 2.45) is 5.14 Å². The van der Waals surface area contributed by atoms with Crippen LogP contribution in [0.2, 0.25) is 0 Å². The van der Waals surface area contributed by atoms with Gasteiger partial charge in [0.1, 0.15) is 0 Å². The number of primary sulfonamides is 1. The number of carbonyl (C=O) groups excluding carboxylic acids is 2. The summed E-state index contributed by atoms with van der Waals surface area (Å²) in [6, 6.07) is 9.84. The van der Waals surface area contributed by atoms with Crippen LogP contribution in [0.5, 0.6) is 0 Å². The highest BCUT2D eigenvalue weighted by Crippen LogP contribution is 2.21. The number of thioether (sulfide) groups is 1. The van der Waals surface area contributed by atoms with E-state index >= 15 is 0 Å². The molecule has 2 rings (SSSR count). The summed E-state index contributed by atoms with van der Waals surface area (Å²) in [4.78, 5) is 25.0. The quantitative estimate of drug-likeness (QED) is 0.560. The first kappa shape index (κ1) is 20.9. The maximum Gasteiger partial charge on any atom is 0.338 e. The smallest absolute Gasteiger partial charge is 0.338 e. The normalized spacial score (nSPS) is 11.1. The van der Waals surface area contributed by atoms with Gasteiger partial charge in [0.15, 0.2) is 6.61 Å². The van der Waals surface area contributed by atoms with Gasteiger partial charge in [0.05, 0.1) is 10.5 Å². The number of benzene rings is 2. The lowest BCUT2D eigenvalue weighted by atomic mass is 10.1. The first-order valence-electron chi connectivity index (χ1n) is 7.87. The molecule has 0 saturated heterocycles. The Kier molecular flexibility index (Phi) is 6.63. The monoisotopic (exact) mass is 408 g/mol. The Hall–Kier alpha value is -2.36. The summed E-state index contributed by atoms with van der Waals surface area (Å²) in [6.45, 7) is 2.76. The molecule has 0 aromatic heterocycles. The van der Waals surface area contributed by atoms with Gasteiger partial charge >= 0.3 is 5.97 Å². The van der Waals surface area contributed by atoms with E-state index in [2.05, 4.69) is 5.32 Å². The van der Waals surface area contributed by atoms with E-state index < -0.39 is 28.5 Å². The van der Waals surface area contributed by atoms with E-state index in [0.29, 0.717) is 16.8 Å². The van der Waals surface area contributed by atoms with Crippen molar-refractivity contribution >= 4 is 39.3 Å². The summed E-state index contributed by atoms with van der Waals surface area (Å²) in [5, 5.41) is 7.79. The molecular weight excluding hydrogens is 388 g/mol. The van der Waals surface area contributed by atoms with E-state index in [9.17, 15) is 18.0 Å². The Morgan fingerprint density at radius 2 is 1.78 bits per heavy atom. The molecule has 2 aromatic carbocycles. The maximum absolute atomic E-state index is 12.2. The van der Waals surface area contributed by atoms with Crippen LogP contribution in [0.4, 0.5) is 5.69 Å². The minimum absolute atomic E-state index is 0.0132. The Morgan fingerprint density at radius 3 is 2.33 bits per heavy atom. The van der Waals surface area contributed by atoms with Crippen molar-refractivity contribution in [3.05, 3.63) is 53.1 Å². The standard InChI is InChI=1S/C18H20N2O5S2/c1-11-8-13(9-16(12(11)2)27(19,23)24)18(22)25-10-17(21)20-14-4-6-15(26-3)7-5-14/h4-9H,10H2,1-3H3,(H,20,21)(H2,19,23,24). The average molecular weight is 409 g/mol. The molecule has 9 heteroatoms. The molecule has 0 heterocycles. The fourth-order valence-corrected chi connectivity index (χ4v) is 3.61. The minimum atomic E-state index is -3.98. The highest BCUT2D eigenvalue weighted by Gasteiger charge is 2.19. The molecule has 7 nitrogen and oxygen atoms in total. The second kappa shape index (κ2) is 8.55. The van der Waals surface area contributed by atoms with Crippen LogP contribution in [0.25, 0.3) is 0 Å². The van der Waals surface area contributed by atoms with Crippen molar-refractivity contribution in [2.45, 2.75) is 23.6 Å². The van der Waals surface area contributed by atoms with Gasteiger partial charge in [0.25, 0.3) is 5.91 Å².